The number of nitrogens with zero attached hydrogens (tertiary/aromatic N) is 1. The van der Waals surface area contributed by atoms with Crippen molar-refractivity contribution < 1.29 is 13.2 Å². The number of anilines is 1. The van der Waals surface area contributed by atoms with Crippen LogP contribution in [-0.4, -0.2) is 23.6 Å². The highest BCUT2D eigenvalue weighted by Crippen LogP contribution is 2.37. The van der Waals surface area contributed by atoms with Crippen LogP contribution in [0.3, 0.4) is 0 Å². The molecule has 1 aromatic heterocycles. The van der Waals surface area contributed by atoms with Crippen molar-refractivity contribution in [1.82, 2.24) is 4.98 Å². The molecule has 6 N–H and O–H groups in total. The molecule has 27 heavy (non-hydrogen) atoms. The molecule has 8 heteroatoms. The molecule has 1 aliphatic carbocycles. The summed E-state index contributed by atoms with van der Waals surface area (Å²) in [5.74, 6) is 0. The number of fused-ring (bicyclic) bond motifs is 3. The van der Waals surface area contributed by atoms with E-state index < -0.39 is 17.4 Å². The number of alkyl halides is 3. The van der Waals surface area contributed by atoms with E-state index in [1.165, 1.54) is 0 Å². The SMILES string of the molecule is N=CC(=C(N)C(F)(F)F)c1nc2ccc(N)c(C=N)c2c2c1CCCCC2. The zero-order valence-electron chi connectivity index (χ0n) is 14.6. The Labute approximate surface area is 154 Å². The van der Waals surface area contributed by atoms with Crippen LogP contribution in [0.5, 0.6) is 0 Å². The van der Waals surface area contributed by atoms with E-state index in [2.05, 4.69) is 4.98 Å². The molecule has 2 aromatic rings. The van der Waals surface area contributed by atoms with E-state index in [0.717, 1.165) is 31.0 Å². The van der Waals surface area contributed by atoms with Gasteiger partial charge in [0.1, 0.15) is 5.70 Å². The quantitative estimate of drug-likeness (QED) is 0.370. The van der Waals surface area contributed by atoms with Crippen LogP contribution in [0, 0.1) is 10.8 Å². The molecule has 1 aliphatic rings. The van der Waals surface area contributed by atoms with Gasteiger partial charge in [-0.3, -0.25) is 0 Å². The summed E-state index contributed by atoms with van der Waals surface area (Å²) in [7, 11) is 0. The topological polar surface area (TPSA) is 113 Å². The molecule has 3 rings (SSSR count). The fraction of sp³-hybridized carbons (Fsp3) is 0.316. The molecule has 0 spiro atoms. The Balaban J connectivity index is 2.45. The summed E-state index contributed by atoms with van der Waals surface area (Å²) in [6.45, 7) is 0. The number of halogens is 3. The van der Waals surface area contributed by atoms with E-state index >= 15 is 0 Å². The first-order valence-corrected chi connectivity index (χ1v) is 8.61. The number of allylic oxidation sites excluding steroid dienone is 2. The molecule has 0 unspecified atom stereocenters. The predicted molar refractivity (Wildman–Crippen MR) is 101 cm³/mol. The average molecular weight is 375 g/mol. The van der Waals surface area contributed by atoms with Gasteiger partial charge in [0.25, 0.3) is 0 Å². The third kappa shape index (κ3) is 3.27. The Morgan fingerprint density at radius 2 is 1.74 bits per heavy atom. The Morgan fingerprint density at radius 1 is 1.07 bits per heavy atom. The fourth-order valence-electron chi connectivity index (χ4n) is 3.65. The van der Waals surface area contributed by atoms with Crippen molar-refractivity contribution in [3.05, 3.63) is 40.2 Å². The van der Waals surface area contributed by atoms with Gasteiger partial charge in [0.15, 0.2) is 0 Å². The first-order valence-electron chi connectivity index (χ1n) is 8.61. The monoisotopic (exact) mass is 375 g/mol. The average Bonchev–Trinajstić information content (AvgIpc) is 2.87. The van der Waals surface area contributed by atoms with E-state index in [4.69, 9.17) is 22.3 Å². The fourth-order valence-corrected chi connectivity index (χ4v) is 3.65. The van der Waals surface area contributed by atoms with Crippen LogP contribution in [-0.2, 0) is 12.8 Å². The molecule has 142 valence electrons. The van der Waals surface area contributed by atoms with E-state index in [9.17, 15) is 13.2 Å². The van der Waals surface area contributed by atoms with E-state index in [-0.39, 0.29) is 5.69 Å². The largest absolute Gasteiger partial charge is 0.431 e. The van der Waals surface area contributed by atoms with Crippen LogP contribution < -0.4 is 11.5 Å². The predicted octanol–water partition coefficient (Wildman–Crippen LogP) is 3.97. The molecule has 5 nitrogen and oxygen atoms in total. The van der Waals surface area contributed by atoms with Gasteiger partial charge in [0.05, 0.1) is 11.2 Å². The number of aryl methyl sites for hydroxylation is 1. The second-order valence-electron chi connectivity index (χ2n) is 6.55. The lowest BCUT2D eigenvalue weighted by atomic mass is 9.90. The van der Waals surface area contributed by atoms with Gasteiger partial charge in [-0.1, -0.05) is 6.42 Å². The highest BCUT2D eigenvalue weighted by molar-refractivity contribution is 6.11. The molecular weight excluding hydrogens is 355 g/mol. The zero-order chi connectivity index (χ0) is 19.8. The van der Waals surface area contributed by atoms with Gasteiger partial charge in [0.2, 0.25) is 0 Å². The van der Waals surface area contributed by atoms with Crippen molar-refractivity contribution in [1.29, 1.82) is 10.8 Å². The molecule has 0 radical (unpaired) electrons. The second kappa shape index (κ2) is 7.02. The molecule has 0 bridgehead atoms. The van der Waals surface area contributed by atoms with Crippen LogP contribution in [0.1, 0.15) is 41.6 Å². The first kappa shape index (κ1) is 18.9. The molecule has 0 atom stereocenters. The normalized spacial score (nSPS) is 15.7. The number of pyridine rings is 1. The van der Waals surface area contributed by atoms with Crippen LogP contribution in [0.25, 0.3) is 16.5 Å². The van der Waals surface area contributed by atoms with Crippen LogP contribution in [0.4, 0.5) is 18.9 Å². The highest BCUT2D eigenvalue weighted by atomic mass is 19.4. The number of nitrogens with one attached hydrogen (secondary N) is 2. The minimum Gasteiger partial charge on any atom is -0.398 e. The molecule has 0 aliphatic heterocycles. The maximum atomic E-state index is 13.2. The number of hydrogen-bond acceptors (Lipinski definition) is 5. The lowest BCUT2D eigenvalue weighted by Crippen LogP contribution is -2.22. The second-order valence-corrected chi connectivity index (χ2v) is 6.55. The van der Waals surface area contributed by atoms with Gasteiger partial charge in [-0.05, 0) is 48.9 Å². The molecule has 1 heterocycles. The van der Waals surface area contributed by atoms with Gasteiger partial charge < -0.3 is 22.3 Å². The van der Waals surface area contributed by atoms with Crippen molar-refractivity contribution in [2.75, 3.05) is 5.73 Å². The number of benzene rings is 1. The minimum atomic E-state index is -4.75. The summed E-state index contributed by atoms with van der Waals surface area (Å²) in [4.78, 5) is 4.44. The van der Waals surface area contributed by atoms with Gasteiger partial charge >= 0.3 is 6.18 Å². The Kier molecular flexibility index (Phi) is 4.91. The molecule has 0 saturated heterocycles. The van der Waals surface area contributed by atoms with E-state index in [1.807, 2.05) is 0 Å². The number of nitrogen functional groups attached to an aromatic ring is 1. The Bertz CT molecular complexity index is 960. The zero-order valence-corrected chi connectivity index (χ0v) is 14.6. The maximum Gasteiger partial charge on any atom is 0.431 e. The summed E-state index contributed by atoms with van der Waals surface area (Å²) in [5, 5.41) is 16.0. The lowest BCUT2D eigenvalue weighted by Gasteiger charge is -2.19. The standard InChI is InChI=1S/C19H20F3N5/c20-19(21,22)18(26)13(9-24)17-11-5-3-1-2-4-10(11)16-12(8-23)14(25)6-7-15(16)27-17/h6-9,23-24H,1-5,25-26H2. The highest BCUT2D eigenvalue weighted by Gasteiger charge is 2.35. The smallest absolute Gasteiger partial charge is 0.398 e. The number of aromatic nitrogens is 1. The number of hydrogen-bond donors (Lipinski definition) is 4. The summed E-state index contributed by atoms with van der Waals surface area (Å²) in [6, 6.07) is 3.22. The summed E-state index contributed by atoms with van der Waals surface area (Å²) in [5.41, 5.74) is 12.6. The Morgan fingerprint density at radius 3 is 2.33 bits per heavy atom. The van der Waals surface area contributed by atoms with E-state index in [0.29, 0.717) is 46.8 Å². The van der Waals surface area contributed by atoms with Gasteiger partial charge in [-0.15, -0.1) is 0 Å². The summed E-state index contributed by atoms with van der Waals surface area (Å²) < 4.78 is 39.6. The van der Waals surface area contributed by atoms with Crippen molar-refractivity contribution in [3.8, 4) is 0 Å². The summed E-state index contributed by atoms with van der Waals surface area (Å²) in [6.07, 6.45) is 0.866. The van der Waals surface area contributed by atoms with Crippen molar-refractivity contribution in [3.63, 3.8) is 0 Å². The van der Waals surface area contributed by atoms with Crippen molar-refractivity contribution in [2.24, 2.45) is 5.73 Å². The first-order chi connectivity index (χ1) is 12.8. The lowest BCUT2D eigenvalue weighted by molar-refractivity contribution is -0.0919. The van der Waals surface area contributed by atoms with Crippen LogP contribution >= 0.6 is 0 Å². The molecular formula is C19H20F3N5. The molecule has 1 aromatic carbocycles. The number of rotatable bonds is 3. The molecule has 0 amide bonds. The number of nitrogens with two attached hydrogens (primary N) is 2. The van der Waals surface area contributed by atoms with E-state index in [1.54, 1.807) is 12.1 Å². The van der Waals surface area contributed by atoms with Gasteiger partial charge in [-0.2, -0.15) is 13.2 Å². The van der Waals surface area contributed by atoms with Gasteiger partial charge in [-0.25, -0.2) is 4.98 Å². The van der Waals surface area contributed by atoms with Crippen LogP contribution in [0.15, 0.2) is 17.8 Å². The van der Waals surface area contributed by atoms with Gasteiger partial charge in [0, 0.05) is 34.6 Å². The molecule has 0 fully saturated rings. The minimum absolute atomic E-state index is 0.102. The third-order valence-corrected chi connectivity index (χ3v) is 4.93. The van der Waals surface area contributed by atoms with Crippen molar-refractivity contribution in [2.45, 2.75) is 38.3 Å². The van der Waals surface area contributed by atoms with Crippen LogP contribution in [0.2, 0.25) is 0 Å². The maximum absolute atomic E-state index is 13.2. The Hall–Kier alpha value is -2.90. The molecule has 0 saturated carbocycles. The third-order valence-electron chi connectivity index (χ3n) is 4.93. The summed E-state index contributed by atoms with van der Waals surface area (Å²) >= 11 is 0. The van der Waals surface area contributed by atoms with Crippen molar-refractivity contribution >= 4 is 34.6 Å².